The number of nitrogens with one attached hydrogen (secondary N) is 2. The molecular weight excluding hydrogens is 256 g/mol. The summed E-state index contributed by atoms with van der Waals surface area (Å²) in [6, 6.07) is 1.80. The van der Waals surface area contributed by atoms with Crippen molar-refractivity contribution in [3.05, 3.63) is 17.5 Å². The first kappa shape index (κ1) is 15.0. The minimum atomic E-state index is -0.123. The van der Waals surface area contributed by atoms with E-state index in [1.165, 1.54) is 0 Å². The van der Waals surface area contributed by atoms with Crippen molar-refractivity contribution < 1.29 is 9.53 Å². The number of ether oxygens (including phenoxy) is 1. The third-order valence-electron chi connectivity index (χ3n) is 3.79. The fraction of sp³-hybridized carbons (Fsp3) is 0.714. The van der Waals surface area contributed by atoms with Gasteiger partial charge in [0, 0.05) is 30.9 Å². The Hall–Kier alpha value is -1.40. The molecule has 1 aromatic heterocycles. The molecule has 1 aromatic rings. The van der Waals surface area contributed by atoms with Crippen LogP contribution in [0.2, 0.25) is 0 Å². The Morgan fingerprint density at radius 3 is 2.80 bits per heavy atom. The Morgan fingerprint density at radius 1 is 1.50 bits per heavy atom. The van der Waals surface area contributed by atoms with E-state index in [4.69, 9.17) is 4.74 Å². The Labute approximate surface area is 119 Å². The maximum atomic E-state index is 12.1. The zero-order valence-electron chi connectivity index (χ0n) is 12.5. The van der Waals surface area contributed by atoms with E-state index in [-0.39, 0.29) is 11.4 Å². The molecule has 1 saturated heterocycles. The van der Waals surface area contributed by atoms with E-state index >= 15 is 0 Å². The molecule has 2 heterocycles. The molecule has 2 N–H and O–H groups in total. The molecule has 20 heavy (non-hydrogen) atoms. The van der Waals surface area contributed by atoms with Crippen LogP contribution in [-0.4, -0.2) is 59.4 Å². The third-order valence-corrected chi connectivity index (χ3v) is 3.79. The largest absolute Gasteiger partial charge is 0.379 e. The van der Waals surface area contributed by atoms with Gasteiger partial charge in [-0.15, -0.1) is 0 Å². The lowest BCUT2D eigenvalue weighted by Crippen LogP contribution is -2.55. The third kappa shape index (κ3) is 3.58. The van der Waals surface area contributed by atoms with Crippen LogP contribution in [0.1, 0.15) is 37.0 Å². The standard InChI is InChI=1S/C14H24N4O2/c1-4-11-9-12(17-16-11)13(19)15-10-14(2,3)18-5-7-20-8-6-18/h9H,4-8,10H2,1-3H3,(H,15,19)(H,16,17). The highest BCUT2D eigenvalue weighted by Gasteiger charge is 2.28. The van der Waals surface area contributed by atoms with Crippen LogP contribution in [0.5, 0.6) is 0 Å². The van der Waals surface area contributed by atoms with Crippen molar-refractivity contribution >= 4 is 5.91 Å². The summed E-state index contributed by atoms with van der Waals surface area (Å²) in [5.41, 5.74) is 1.35. The van der Waals surface area contributed by atoms with Gasteiger partial charge in [0.05, 0.1) is 13.2 Å². The average Bonchev–Trinajstić information content (AvgIpc) is 2.95. The van der Waals surface area contributed by atoms with Crippen LogP contribution < -0.4 is 5.32 Å². The fourth-order valence-corrected chi connectivity index (χ4v) is 2.33. The van der Waals surface area contributed by atoms with Gasteiger partial charge in [0.25, 0.3) is 5.91 Å². The van der Waals surface area contributed by atoms with Crippen LogP contribution in [-0.2, 0) is 11.2 Å². The van der Waals surface area contributed by atoms with E-state index in [2.05, 4.69) is 34.3 Å². The number of aromatic amines is 1. The SMILES string of the molecule is CCc1cc(C(=O)NCC(C)(C)N2CCOCC2)n[nH]1. The van der Waals surface area contributed by atoms with Gasteiger partial charge in [0.1, 0.15) is 5.69 Å². The number of rotatable bonds is 5. The molecule has 112 valence electrons. The van der Waals surface area contributed by atoms with Crippen molar-refractivity contribution in [1.82, 2.24) is 20.4 Å². The van der Waals surface area contributed by atoms with Crippen molar-refractivity contribution in [2.75, 3.05) is 32.8 Å². The summed E-state index contributed by atoms with van der Waals surface area (Å²) < 4.78 is 5.36. The first-order chi connectivity index (χ1) is 9.53. The predicted octanol–water partition coefficient (Wildman–Crippen LogP) is 0.813. The number of carbonyl (C=O) groups is 1. The number of carbonyl (C=O) groups excluding carboxylic acids is 1. The molecule has 0 atom stereocenters. The van der Waals surface area contributed by atoms with Crippen LogP contribution in [0.4, 0.5) is 0 Å². The summed E-state index contributed by atoms with van der Waals surface area (Å²) in [4.78, 5) is 14.4. The quantitative estimate of drug-likeness (QED) is 0.837. The van der Waals surface area contributed by atoms with Gasteiger partial charge in [0.15, 0.2) is 0 Å². The number of aryl methyl sites for hydroxylation is 1. The van der Waals surface area contributed by atoms with Gasteiger partial charge in [0.2, 0.25) is 0 Å². The summed E-state index contributed by atoms with van der Waals surface area (Å²) in [5, 5.41) is 9.86. The molecule has 1 fully saturated rings. The average molecular weight is 280 g/mol. The first-order valence-corrected chi connectivity index (χ1v) is 7.18. The van der Waals surface area contributed by atoms with Crippen LogP contribution in [0.25, 0.3) is 0 Å². The second-order valence-corrected chi connectivity index (χ2v) is 5.73. The second-order valence-electron chi connectivity index (χ2n) is 5.73. The highest BCUT2D eigenvalue weighted by atomic mass is 16.5. The zero-order chi connectivity index (χ0) is 14.6. The minimum Gasteiger partial charge on any atom is -0.379 e. The van der Waals surface area contributed by atoms with Crippen LogP contribution >= 0.6 is 0 Å². The number of amides is 1. The maximum Gasteiger partial charge on any atom is 0.271 e. The van der Waals surface area contributed by atoms with Crippen molar-refractivity contribution in [3.8, 4) is 0 Å². The van der Waals surface area contributed by atoms with Crippen LogP contribution in [0.3, 0.4) is 0 Å². The number of H-pyrrole nitrogens is 1. The maximum absolute atomic E-state index is 12.1. The molecule has 0 spiro atoms. The number of hydrogen-bond donors (Lipinski definition) is 2. The zero-order valence-corrected chi connectivity index (χ0v) is 12.5. The van der Waals surface area contributed by atoms with E-state index in [1.807, 2.05) is 6.92 Å². The smallest absolute Gasteiger partial charge is 0.271 e. The highest BCUT2D eigenvalue weighted by Crippen LogP contribution is 2.15. The molecule has 1 aliphatic heterocycles. The molecule has 1 amide bonds. The summed E-state index contributed by atoms with van der Waals surface area (Å²) >= 11 is 0. The summed E-state index contributed by atoms with van der Waals surface area (Å²) in [6.07, 6.45) is 0.847. The molecule has 6 nitrogen and oxygen atoms in total. The molecule has 0 aromatic carbocycles. The lowest BCUT2D eigenvalue weighted by atomic mass is 10.0. The van der Waals surface area contributed by atoms with E-state index in [0.717, 1.165) is 38.4 Å². The molecular formula is C14H24N4O2. The van der Waals surface area contributed by atoms with Crippen molar-refractivity contribution in [1.29, 1.82) is 0 Å². The van der Waals surface area contributed by atoms with E-state index < -0.39 is 0 Å². The lowest BCUT2D eigenvalue weighted by Gasteiger charge is -2.40. The highest BCUT2D eigenvalue weighted by molar-refractivity contribution is 5.92. The number of hydrogen-bond acceptors (Lipinski definition) is 4. The van der Waals surface area contributed by atoms with Crippen LogP contribution in [0, 0.1) is 0 Å². The van der Waals surface area contributed by atoms with E-state index in [1.54, 1.807) is 6.07 Å². The van der Waals surface area contributed by atoms with Gasteiger partial charge in [-0.05, 0) is 26.3 Å². The Bertz CT molecular complexity index is 450. The van der Waals surface area contributed by atoms with Gasteiger partial charge >= 0.3 is 0 Å². The Morgan fingerprint density at radius 2 is 2.20 bits per heavy atom. The monoisotopic (exact) mass is 280 g/mol. The number of nitrogens with zero attached hydrogens (tertiary/aromatic N) is 2. The number of morpholine rings is 1. The predicted molar refractivity (Wildman–Crippen MR) is 76.8 cm³/mol. The molecule has 0 saturated carbocycles. The van der Waals surface area contributed by atoms with Crippen LogP contribution in [0.15, 0.2) is 6.07 Å². The summed E-state index contributed by atoms with van der Waals surface area (Å²) in [7, 11) is 0. The minimum absolute atomic E-state index is 0.0800. The molecule has 1 aliphatic rings. The normalized spacial score (nSPS) is 17.1. The summed E-state index contributed by atoms with van der Waals surface area (Å²) in [5.74, 6) is -0.123. The van der Waals surface area contributed by atoms with Gasteiger partial charge in [-0.1, -0.05) is 6.92 Å². The van der Waals surface area contributed by atoms with Crippen molar-refractivity contribution in [2.24, 2.45) is 0 Å². The van der Waals surface area contributed by atoms with Crippen molar-refractivity contribution in [2.45, 2.75) is 32.7 Å². The van der Waals surface area contributed by atoms with Gasteiger partial charge in [-0.2, -0.15) is 5.10 Å². The fourth-order valence-electron chi connectivity index (χ4n) is 2.33. The van der Waals surface area contributed by atoms with E-state index in [0.29, 0.717) is 12.2 Å². The summed E-state index contributed by atoms with van der Waals surface area (Å²) in [6.45, 7) is 10.2. The van der Waals surface area contributed by atoms with Gasteiger partial charge < -0.3 is 10.1 Å². The molecule has 0 unspecified atom stereocenters. The Kier molecular flexibility index (Phi) is 4.77. The lowest BCUT2D eigenvalue weighted by molar-refractivity contribution is -0.00924. The molecule has 0 bridgehead atoms. The second kappa shape index (κ2) is 6.37. The molecule has 0 aliphatic carbocycles. The topological polar surface area (TPSA) is 70.2 Å². The molecule has 6 heteroatoms. The molecule has 2 rings (SSSR count). The van der Waals surface area contributed by atoms with Crippen molar-refractivity contribution in [3.63, 3.8) is 0 Å². The van der Waals surface area contributed by atoms with Gasteiger partial charge in [-0.25, -0.2) is 0 Å². The number of aromatic nitrogens is 2. The molecule has 0 radical (unpaired) electrons. The Balaban J connectivity index is 1.88. The first-order valence-electron chi connectivity index (χ1n) is 7.18. The van der Waals surface area contributed by atoms with Gasteiger partial charge in [-0.3, -0.25) is 14.8 Å². The van der Waals surface area contributed by atoms with E-state index in [9.17, 15) is 4.79 Å².